The number of thioether (sulfide) groups is 2. The smallest absolute Gasteiger partial charge is 0.251 e. The minimum atomic E-state index is -0.383. The summed E-state index contributed by atoms with van der Waals surface area (Å²) in [5, 5.41) is 3.47. The van der Waals surface area contributed by atoms with Crippen molar-refractivity contribution in [1.82, 2.24) is 9.97 Å². The fourth-order valence-electron chi connectivity index (χ4n) is 2.28. The molecule has 0 spiro atoms. The van der Waals surface area contributed by atoms with Crippen LogP contribution in [0, 0.1) is 0 Å². The number of nitrogens with zero attached hydrogens (tertiary/aromatic N) is 1. The molecule has 0 saturated carbocycles. The third-order valence-electron chi connectivity index (χ3n) is 3.84. The molecule has 0 aliphatic rings. The van der Waals surface area contributed by atoms with Gasteiger partial charge in [-0.25, -0.2) is 4.98 Å². The Bertz CT molecular complexity index is 817. The molecule has 1 heterocycles. The molecular weight excluding hydrogens is 378 g/mol. The molecule has 2 aromatic rings. The van der Waals surface area contributed by atoms with Gasteiger partial charge in [-0.3, -0.25) is 9.59 Å². The lowest BCUT2D eigenvalue weighted by Gasteiger charge is -2.13. The van der Waals surface area contributed by atoms with Gasteiger partial charge in [0.05, 0.1) is 10.9 Å². The van der Waals surface area contributed by atoms with Crippen molar-refractivity contribution < 1.29 is 4.79 Å². The molecule has 146 valence electrons. The molecular formula is C20H27N3O2S2. The van der Waals surface area contributed by atoms with E-state index in [1.807, 2.05) is 24.3 Å². The molecule has 2 N–H and O–H groups in total. The van der Waals surface area contributed by atoms with Crippen molar-refractivity contribution in [2.45, 2.75) is 61.9 Å². The first-order chi connectivity index (χ1) is 12.7. The zero-order valence-corrected chi connectivity index (χ0v) is 18.0. The number of hydrogen-bond acceptors (Lipinski definition) is 5. The van der Waals surface area contributed by atoms with Crippen LogP contribution in [0.25, 0.3) is 0 Å². The second-order valence-corrected chi connectivity index (χ2v) is 9.82. The Kier molecular flexibility index (Phi) is 7.98. The van der Waals surface area contributed by atoms with E-state index in [4.69, 9.17) is 0 Å². The molecule has 0 aliphatic heterocycles. The van der Waals surface area contributed by atoms with Gasteiger partial charge in [0.2, 0.25) is 5.91 Å². The van der Waals surface area contributed by atoms with Gasteiger partial charge in [-0.15, -0.1) is 0 Å². The number of benzene rings is 1. The molecule has 1 amide bonds. The molecule has 1 unspecified atom stereocenters. The van der Waals surface area contributed by atoms with Crippen LogP contribution in [0.15, 0.2) is 40.3 Å². The van der Waals surface area contributed by atoms with Crippen molar-refractivity contribution in [2.24, 2.45) is 0 Å². The molecule has 0 saturated heterocycles. The third kappa shape index (κ3) is 7.07. The predicted molar refractivity (Wildman–Crippen MR) is 116 cm³/mol. The van der Waals surface area contributed by atoms with E-state index in [1.165, 1.54) is 23.4 Å². The number of rotatable bonds is 8. The number of aromatic amines is 1. The lowest BCUT2D eigenvalue weighted by Crippen LogP contribution is -2.23. The Balaban J connectivity index is 2.00. The summed E-state index contributed by atoms with van der Waals surface area (Å²) >= 11 is 2.98. The number of nitrogens with one attached hydrogen (secondary N) is 2. The minimum Gasteiger partial charge on any atom is -0.325 e. The maximum atomic E-state index is 12.5. The third-order valence-corrected chi connectivity index (χ3v) is 5.95. The summed E-state index contributed by atoms with van der Waals surface area (Å²) in [4.78, 5) is 31.5. The van der Waals surface area contributed by atoms with Crippen LogP contribution in [0.3, 0.4) is 0 Å². The maximum Gasteiger partial charge on any atom is 0.251 e. The minimum absolute atomic E-state index is 0.123. The molecule has 2 rings (SSSR count). The highest BCUT2D eigenvalue weighted by Gasteiger charge is 2.17. The summed E-state index contributed by atoms with van der Waals surface area (Å²) in [6.07, 6.45) is 0. The van der Waals surface area contributed by atoms with E-state index in [0.717, 1.165) is 11.4 Å². The van der Waals surface area contributed by atoms with Crippen LogP contribution in [0.1, 0.15) is 51.8 Å². The highest BCUT2D eigenvalue weighted by molar-refractivity contribution is 8.00. The van der Waals surface area contributed by atoms with Gasteiger partial charge in [-0.2, -0.15) is 11.8 Å². The number of carbonyl (C=O) groups excluding carboxylic acids is 1. The zero-order valence-electron chi connectivity index (χ0n) is 16.4. The fourth-order valence-corrected chi connectivity index (χ4v) is 3.76. The molecule has 0 bridgehead atoms. The molecule has 7 heteroatoms. The monoisotopic (exact) mass is 405 g/mol. The normalized spacial score (nSPS) is 12.4. The van der Waals surface area contributed by atoms with Gasteiger partial charge in [0.1, 0.15) is 0 Å². The van der Waals surface area contributed by atoms with E-state index in [9.17, 15) is 9.59 Å². The molecule has 1 aromatic heterocycles. The van der Waals surface area contributed by atoms with E-state index >= 15 is 0 Å². The van der Waals surface area contributed by atoms with E-state index in [-0.39, 0.29) is 16.7 Å². The number of carbonyl (C=O) groups is 1. The lowest BCUT2D eigenvalue weighted by atomic mass is 10.0. The second kappa shape index (κ2) is 9.99. The van der Waals surface area contributed by atoms with Gasteiger partial charge < -0.3 is 10.3 Å². The van der Waals surface area contributed by atoms with E-state index in [0.29, 0.717) is 22.1 Å². The van der Waals surface area contributed by atoms with Crippen LogP contribution in [0.4, 0.5) is 5.69 Å². The predicted octanol–water partition coefficient (Wildman–Crippen LogP) is 4.65. The molecule has 1 atom stereocenters. The van der Waals surface area contributed by atoms with Gasteiger partial charge in [0.15, 0.2) is 5.16 Å². The van der Waals surface area contributed by atoms with Crippen molar-refractivity contribution in [3.05, 3.63) is 51.9 Å². The fraction of sp³-hybridized carbons (Fsp3) is 0.450. The van der Waals surface area contributed by atoms with Crippen molar-refractivity contribution >= 4 is 35.1 Å². The molecule has 5 nitrogen and oxygen atoms in total. The van der Waals surface area contributed by atoms with E-state index in [1.54, 1.807) is 18.7 Å². The molecule has 1 aromatic carbocycles. The molecule has 0 fully saturated rings. The van der Waals surface area contributed by atoms with Gasteiger partial charge in [-0.1, -0.05) is 51.6 Å². The summed E-state index contributed by atoms with van der Waals surface area (Å²) in [7, 11) is 0. The quantitative estimate of drug-likeness (QED) is 0.494. The Labute approximate surface area is 169 Å². The average Bonchev–Trinajstić information content (AvgIpc) is 2.60. The number of anilines is 1. The number of aromatic nitrogens is 2. The molecule has 27 heavy (non-hydrogen) atoms. The Morgan fingerprint density at radius 3 is 2.41 bits per heavy atom. The molecule has 0 aliphatic carbocycles. The Morgan fingerprint density at radius 1 is 1.15 bits per heavy atom. The van der Waals surface area contributed by atoms with Crippen LogP contribution < -0.4 is 10.9 Å². The van der Waals surface area contributed by atoms with Crippen molar-refractivity contribution in [3.63, 3.8) is 0 Å². The summed E-state index contributed by atoms with van der Waals surface area (Å²) in [6, 6.07) is 9.38. The number of hydrogen-bond donors (Lipinski definition) is 2. The van der Waals surface area contributed by atoms with Crippen molar-refractivity contribution in [1.29, 1.82) is 0 Å². The SMILES string of the molecule is CC(C)SCc1cc(=O)[nH]c(SC(C)C(=O)Nc2ccc(C(C)C)cc2)n1. The van der Waals surface area contributed by atoms with Gasteiger partial charge in [0.25, 0.3) is 5.56 Å². The van der Waals surface area contributed by atoms with E-state index in [2.05, 4.69) is 43.0 Å². The Morgan fingerprint density at radius 2 is 1.81 bits per heavy atom. The summed E-state index contributed by atoms with van der Waals surface area (Å²) in [6.45, 7) is 10.3. The average molecular weight is 406 g/mol. The van der Waals surface area contributed by atoms with Crippen molar-refractivity contribution in [3.8, 4) is 0 Å². The van der Waals surface area contributed by atoms with Crippen LogP contribution in [-0.4, -0.2) is 26.4 Å². The molecule has 0 radical (unpaired) electrons. The highest BCUT2D eigenvalue weighted by Crippen LogP contribution is 2.22. The lowest BCUT2D eigenvalue weighted by molar-refractivity contribution is -0.115. The topological polar surface area (TPSA) is 74.8 Å². The summed E-state index contributed by atoms with van der Waals surface area (Å²) in [5.41, 5.74) is 2.54. The van der Waals surface area contributed by atoms with Gasteiger partial charge in [0, 0.05) is 17.5 Å². The first-order valence-corrected chi connectivity index (χ1v) is 11.0. The van der Waals surface area contributed by atoms with Gasteiger partial charge in [-0.05, 0) is 35.8 Å². The maximum absolute atomic E-state index is 12.5. The first-order valence-electron chi connectivity index (χ1n) is 9.04. The van der Waals surface area contributed by atoms with Crippen LogP contribution in [0.2, 0.25) is 0 Å². The van der Waals surface area contributed by atoms with Crippen LogP contribution >= 0.6 is 23.5 Å². The summed E-state index contributed by atoms with van der Waals surface area (Å²) < 4.78 is 0. The second-order valence-electron chi connectivity index (χ2n) is 6.93. The Hall–Kier alpha value is -1.73. The largest absolute Gasteiger partial charge is 0.325 e. The number of H-pyrrole nitrogens is 1. The van der Waals surface area contributed by atoms with Gasteiger partial charge >= 0.3 is 0 Å². The van der Waals surface area contributed by atoms with E-state index < -0.39 is 0 Å². The highest BCUT2D eigenvalue weighted by atomic mass is 32.2. The van der Waals surface area contributed by atoms with Crippen LogP contribution in [-0.2, 0) is 10.5 Å². The summed E-state index contributed by atoms with van der Waals surface area (Å²) in [5.74, 6) is 1.01. The first kappa shape index (κ1) is 21.6. The van der Waals surface area contributed by atoms with Crippen molar-refractivity contribution in [2.75, 3.05) is 5.32 Å². The number of amides is 1. The zero-order chi connectivity index (χ0) is 20.0. The van der Waals surface area contributed by atoms with Crippen LogP contribution in [0.5, 0.6) is 0 Å². The standard InChI is InChI=1S/C20H27N3O2S2/c1-12(2)15-6-8-16(9-7-15)21-19(25)14(5)27-20-22-17(10-18(24)23-20)11-26-13(3)4/h6-10,12-14H,11H2,1-5H3,(H,21,25)(H,22,23,24).